The van der Waals surface area contributed by atoms with Gasteiger partial charge in [0, 0.05) is 25.8 Å². The quantitative estimate of drug-likeness (QED) is 0.889. The van der Waals surface area contributed by atoms with Crippen molar-refractivity contribution in [1.29, 1.82) is 0 Å². The third kappa shape index (κ3) is 3.26. The highest BCUT2D eigenvalue weighted by Gasteiger charge is 2.20. The standard InChI is InChI=1S/C14H19N5O2/c1-10-3-2-4-16-12(10)14-17-13(18-21-14)11(15)9-19-5-7-20-8-6-19/h2-4,11H,5-9,15H2,1H3. The van der Waals surface area contributed by atoms with Crippen LogP contribution in [0.25, 0.3) is 11.6 Å². The third-order valence-corrected chi connectivity index (χ3v) is 3.54. The van der Waals surface area contributed by atoms with E-state index in [1.807, 2.05) is 19.1 Å². The van der Waals surface area contributed by atoms with Crippen molar-refractivity contribution < 1.29 is 9.26 Å². The van der Waals surface area contributed by atoms with Crippen LogP contribution in [0.1, 0.15) is 17.4 Å². The molecule has 2 aromatic heterocycles. The summed E-state index contributed by atoms with van der Waals surface area (Å²) < 4.78 is 10.6. The highest BCUT2D eigenvalue weighted by Crippen LogP contribution is 2.20. The molecule has 7 heteroatoms. The zero-order valence-electron chi connectivity index (χ0n) is 12.0. The van der Waals surface area contributed by atoms with E-state index in [0.29, 0.717) is 24.0 Å². The molecular formula is C14H19N5O2. The smallest absolute Gasteiger partial charge is 0.276 e. The molecule has 2 N–H and O–H groups in total. The Morgan fingerprint density at radius 1 is 1.38 bits per heavy atom. The van der Waals surface area contributed by atoms with E-state index in [9.17, 15) is 0 Å². The van der Waals surface area contributed by atoms with E-state index < -0.39 is 0 Å². The first-order valence-corrected chi connectivity index (χ1v) is 7.05. The van der Waals surface area contributed by atoms with Crippen LogP contribution in [0.15, 0.2) is 22.9 Å². The summed E-state index contributed by atoms with van der Waals surface area (Å²) in [5.41, 5.74) is 7.87. The van der Waals surface area contributed by atoms with Gasteiger partial charge < -0.3 is 15.0 Å². The lowest BCUT2D eigenvalue weighted by Crippen LogP contribution is -2.40. The molecule has 0 saturated carbocycles. The summed E-state index contributed by atoms with van der Waals surface area (Å²) in [6.45, 7) is 5.92. The number of aryl methyl sites for hydroxylation is 1. The van der Waals surface area contributed by atoms with Gasteiger partial charge in [0.2, 0.25) is 0 Å². The molecule has 7 nitrogen and oxygen atoms in total. The SMILES string of the molecule is Cc1cccnc1-c1nc(C(N)CN2CCOCC2)no1. The van der Waals surface area contributed by atoms with Gasteiger partial charge in [-0.1, -0.05) is 11.2 Å². The molecule has 0 aliphatic carbocycles. The van der Waals surface area contributed by atoms with E-state index >= 15 is 0 Å². The van der Waals surface area contributed by atoms with Gasteiger partial charge in [-0.2, -0.15) is 4.98 Å². The molecule has 1 atom stereocenters. The van der Waals surface area contributed by atoms with Gasteiger partial charge in [-0.15, -0.1) is 0 Å². The molecule has 1 aliphatic rings. The lowest BCUT2D eigenvalue weighted by molar-refractivity contribution is 0.0348. The Bertz CT molecular complexity index is 595. The van der Waals surface area contributed by atoms with Crippen LogP contribution in [-0.4, -0.2) is 52.9 Å². The third-order valence-electron chi connectivity index (χ3n) is 3.54. The molecule has 21 heavy (non-hydrogen) atoms. The van der Waals surface area contributed by atoms with Gasteiger partial charge in [0.05, 0.1) is 19.3 Å². The number of aromatic nitrogens is 3. The second kappa shape index (κ2) is 6.30. The first-order valence-electron chi connectivity index (χ1n) is 7.05. The maximum absolute atomic E-state index is 6.17. The number of pyridine rings is 1. The maximum Gasteiger partial charge on any atom is 0.276 e. The summed E-state index contributed by atoms with van der Waals surface area (Å²) in [5.74, 6) is 0.932. The molecule has 1 saturated heterocycles. The van der Waals surface area contributed by atoms with Crippen molar-refractivity contribution in [2.75, 3.05) is 32.8 Å². The second-order valence-electron chi connectivity index (χ2n) is 5.15. The number of nitrogens with two attached hydrogens (primary N) is 1. The number of ether oxygens (including phenoxy) is 1. The van der Waals surface area contributed by atoms with Crippen molar-refractivity contribution in [3.63, 3.8) is 0 Å². The average molecular weight is 289 g/mol. The topological polar surface area (TPSA) is 90.3 Å². The fourth-order valence-electron chi connectivity index (χ4n) is 2.33. The van der Waals surface area contributed by atoms with Crippen LogP contribution < -0.4 is 5.73 Å². The summed E-state index contributed by atoms with van der Waals surface area (Å²) in [4.78, 5) is 10.9. The average Bonchev–Trinajstić information content (AvgIpc) is 2.98. The molecule has 0 amide bonds. The highest BCUT2D eigenvalue weighted by molar-refractivity contribution is 5.51. The number of hydrogen-bond donors (Lipinski definition) is 1. The Kier molecular flexibility index (Phi) is 4.23. The largest absolute Gasteiger partial charge is 0.379 e. The molecule has 1 aliphatic heterocycles. The maximum atomic E-state index is 6.17. The molecule has 2 aromatic rings. The van der Waals surface area contributed by atoms with Crippen molar-refractivity contribution in [3.05, 3.63) is 29.7 Å². The zero-order chi connectivity index (χ0) is 14.7. The molecule has 0 bridgehead atoms. The van der Waals surface area contributed by atoms with E-state index in [4.69, 9.17) is 15.0 Å². The van der Waals surface area contributed by atoms with E-state index in [-0.39, 0.29) is 6.04 Å². The first-order chi connectivity index (χ1) is 10.2. The van der Waals surface area contributed by atoms with Crippen LogP contribution in [0.2, 0.25) is 0 Å². The Morgan fingerprint density at radius 3 is 2.95 bits per heavy atom. The zero-order valence-corrected chi connectivity index (χ0v) is 12.0. The number of rotatable bonds is 4. The van der Waals surface area contributed by atoms with Crippen LogP contribution in [0.5, 0.6) is 0 Å². The second-order valence-corrected chi connectivity index (χ2v) is 5.15. The normalized spacial score (nSPS) is 17.8. The Labute approximate surface area is 123 Å². The molecule has 0 radical (unpaired) electrons. The number of hydrogen-bond acceptors (Lipinski definition) is 7. The molecule has 0 aromatic carbocycles. The Balaban J connectivity index is 1.71. The van der Waals surface area contributed by atoms with Crippen LogP contribution >= 0.6 is 0 Å². The minimum Gasteiger partial charge on any atom is -0.379 e. The van der Waals surface area contributed by atoms with Crippen molar-refractivity contribution in [2.24, 2.45) is 5.73 Å². The number of nitrogens with zero attached hydrogens (tertiary/aromatic N) is 4. The fourth-order valence-corrected chi connectivity index (χ4v) is 2.33. The molecule has 3 rings (SSSR count). The lowest BCUT2D eigenvalue weighted by atomic mass is 10.2. The van der Waals surface area contributed by atoms with E-state index in [2.05, 4.69) is 20.0 Å². The van der Waals surface area contributed by atoms with Gasteiger partial charge in [-0.3, -0.25) is 9.88 Å². The van der Waals surface area contributed by atoms with Crippen molar-refractivity contribution in [3.8, 4) is 11.6 Å². The van der Waals surface area contributed by atoms with E-state index in [1.54, 1.807) is 6.20 Å². The highest BCUT2D eigenvalue weighted by atomic mass is 16.5. The Morgan fingerprint density at radius 2 is 2.19 bits per heavy atom. The predicted octanol–water partition coefficient (Wildman–Crippen LogP) is 0.772. The molecule has 112 valence electrons. The van der Waals surface area contributed by atoms with Crippen LogP contribution in [-0.2, 0) is 4.74 Å². The summed E-state index contributed by atoms with van der Waals surface area (Å²) in [6.07, 6.45) is 1.71. The molecule has 1 unspecified atom stereocenters. The summed E-state index contributed by atoms with van der Waals surface area (Å²) in [7, 11) is 0. The van der Waals surface area contributed by atoms with Gasteiger partial charge in [-0.05, 0) is 18.6 Å². The van der Waals surface area contributed by atoms with Gasteiger partial charge in [-0.25, -0.2) is 0 Å². The van der Waals surface area contributed by atoms with Crippen molar-refractivity contribution >= 4 is 0 Å². The van der Waals surface area contributed by atoms with Gasteiger partial charge in [0.25, 0.3) is 5.89 Å². The Hall–Kier alpha value is -1.83. The van der Waals surface area contributed by atoms with Gasteiger partial charge >= 0.3 is 0 Å². The number of morpholine rings is 1. The van der Waals surface area contributed by atoms with Crippen molar-refractivity contribution in [2.45, 2.75) is 13.0 Å². The fraction of sp³-hybridized carbons (Fsp3) is 0.500. The van der Waals surface area contributed by atoms with E-state index in [1.165, 1.54) is 0 Å². The minimum atomic E-state index is -0.274. The minimum absolute atomic E-state index is 0.274. The molecule has 1 fully saturated rings. The lowest BCUT2D eigenvalue weighted by Gasteiger charge is -2.27. The van der Waals surface area contributed by atoms with Crippen LogP contribution in [0.4, 0.5) is 0 Å². The van der Waals surface area contributed by atoms with Crippen LogP contribution in [0, 0.1) is 6.92 Å². The molecular weight excluding hydrogens is 270 g/mol. The molecule has 0 spiro atoms. The molecule has 3 heterocycles. The first kappa shape index (κ1) is 14.1. The van der Waals surface area contributed by atoms with Crippen molar-refractivity contribution in [1.82, 2.24) is 20.0 Å². The monoisotopic (exact) mass is 289 g/mol. The van der Waals surface area contributed by atoms with Gasteiger partial charge in [0.1, 0.15) is 5.69 Å². The predicted molar refractivity (Wildman–Crippen MR) is 76.5 cm³/mol. The summed E-state index contributed by atoms with van der Waals surface area (Å²) in [6, 6.07) is 3.56. The van der Waals surface area contributed by atoms with Gasteiger partial charge in [0.15, 0.2) is 5.82 Å². The summed E-state index contributed by atoms with van der Waals surface area (Å²) >= 11 is 0. The van der Waals surface area contributed by atoms with E-state index in [0.717, 1.165) is 31.9 Å². The van der Waals surface area contributed by atoms with Crippen LogP contribution in [0.3, 0.4) is 0 Å². The summed E-state index contributed by atoms with van der Waals surface area (Å²) in [5, 5.41) is 3.99.